The van der Waals surface area contributed by atoms with Gasteiger partial charge in [-0.3, -0.25) is 9.59 Å². The fraction of sp³-hybridized carbons (Fsp3) is 0.364. The number of unbranched alkanes of at least 4 members (excludes halogenated alkanes) is 1. The molecule has 1 heterocycles. The zero-order valence-corrected chi connectivity index (χ0v) is 23.7. The number of carbonyl (C=O) groups excluding carboxylic acids is 2. The summed E-state index contributed by atoms with van der Waals surface area (Å²) in [6.07, 6.45) is 7.12. The number of rotatable bonds is 14. The first-order valence-corrected chi connectivity index (χ1v) is 14.3. The molecule has 0 spiro atoms. The molecule has 0 aliphatic carbocycles. The van der Waals surface area contributed by atoms with Crippen molar-refractivity contribution < 1.29 is 9.59 Å². The Balaban J connectivity index is 1.38. The van der Waals surface area contributed by atoms with Crippen molar-refractivity contribution >= 4 is 22.6 Å². The third-order valence-electron chi connectivity index (χ3n) is 7.19. The number of imidazole rings is 1. The Kier molecular flexibility index (Phi) is 10.5. The molecule has 4 N–H and O–H groups in total. The fourth-order valence-corrected chi connectivity index (χ4v) is 4.93. The average molecular weight is 540 g/mol. The summed E-state index contributed by atoms with van der Waals surface area (Å²) in [5.74, 6) is 1.10. The van der Waals surface area contributed by atoms with Gasteiger partial charge in [0.25, 0.3) is 5.91 Å². The minimum Gasteiger partial charge on any atom is -0.348 e. The highest BCUT2D eigenvalue weighted by Crippen LogP contribution is 2.24. The normalized spacial score (nSPS) is 12.8. The van der Waals surface area contributed by atoms with Crippen LogP contribution in [0, 0.1) is 5.92 Å². The summed E-state index contributed by atoms with van der Waals surface area (Å²) >= 11 is 0. The van der Waals surface area contributed by atoms with Gasteiger partial charge in [0.05, 0.1) is 12.6 Å². The number of amides is 2. The fourth-order valence-electron chi connectivity index (χ4n) is 4.93. The number of benzene rings is 3. The molecule has 7 heteroatoms. The van der Waals surface area contributed by atoms with Gasteiger partial charge < -0.3 is 20.9 Å². The molecule has 210 valence electrons. The van der Waals surface area contributed by atoms with E-state index in [1.165, 1.54) is 0 Å². The highest BCUT2D eigenvalue weighted by atomic mass is 16.2. The lowest BCUT2D eigenvalue weighted by atomic mass is 9.98. The van der Waals surface area contributed by atoms with Gasteiger partial charge in [-0.05, 0) is 53.3 Å². The lowest BCUT2D eigenvalue weighted by Gasteiger charge is -2.23. The molecule has 2 amide bonds. The van der Waals surface area contributed by atoms with Crippen LogP contribution in [0.25, 0.3) is 10.8 Å². The van der Waals surface area contributed by atoms with E-state index in [4.69, 9.17) is 0 Å². The van der Waals surface area contributed by atoms with Crippen LogP contribution < -0.4 is 16.0 Å². The van der Waals surface area contributed by atoms with Gasteiger partial charge in [-0.1, -0.05) is 87.7 Å². The van der Waals surface area contributed by atoms with Crippen molar-refractivity contribution in [3.8, 4) is 0 Å². The number of carbonyl (C=O) groups is 2. The maximum Gasteiger partial charge on any atom is 0.251 e. The molecule has 0 fully saturated rings. The Morgan fingerprint density at radius 1 is 0.850 bits per heavy atom. The molecular formula is C33H41N5O2. The Bertz CT molecular complexity index is 1360. The molecule has 4 rings (SSSR count). The highest BCUT2D eigenvalue weighted by Gasteiger charge is 2.23. The maximum absolute atomic E-state index is 13.5. The summed E-state index contributed by atoms with van der Waals surface area (Å²) in [5.41, 5.74) is 2.67. The molecule has 0 radical (unpaired) electrons. The number of H-pyrrole nitrogens is 1. The van der Waals surface area contributed by atoms with E-state index >= 15 is 0 Å². The Morgan fingerprint density at radius 2 is 1.60 bits per heavy atom. The van der Waals surface area contributed by atoms with Crippen molar-refractivity contribution in [3.63, 3.8) is 0 Å². The largest absolute Gasteiger partial charge is 0.348 e. The van der Waals surface area contributed by atoms with Gasteiger partial charge in [0.2, 0.25) is 5.91 Å². The smallest absolute Gasteiger partial charge is 0.251 e. The van der Waals surface area contributed by atoms with Crippen LogP contribution in [-0.2, 0) is 17.9 Å². The van der Waals surface area contributed by atoms with Crippen LogP contribution >= 0.6 is 0 Å². The van der Waals surface area contributed by atoms with Crippen LogP contribution in [0.15, 0.2) is 79.1 Å². The molecule has 0 saturated heterocycles. The Labute approximate surface area is 237 Å². The summed E-state index contributed by atoms with van der Waals surface area (Å²) in [7, 11) is 0. The highest BCUT2D eigenvalue weighted by molar-refractivity contribution is 5.97. The molecule has 0 saturated carbocycles. The lowest BCUT2D eigenvalue weighted by Crippen LogP contribution is -2.47. The standard InChI is InChI=1S/C33H41N5O2/c1-23(2)9-4-7-14-30(33(40)37-24(3)28-13-8-11-26-10-5-6-12-29(26)28)38-32(39)27-17-15-25(16-18-27)21-34-22-31-35-19-20-36-31/h5-6,8,10-13,15-20,23-24,30,34H,4,7,9,14,21-22H2,1-3H3,(H,35,36)(H,37,40)(H,38,39)/t24?,30-/m0/s1. The quantitative estimate of drug-likeness (QED) is 0.147. The van der Waals surface area contributed by atoms with Gasteiger partial charge in [-0.2, -0.15) is 0 Å². The summed E-state index contributed by atoms with van der Waals surface area (Å²) < 4.78 is 0. The van der Waals surface area contributed by atoms with Crippen LogP contribution in [0.3, 0.4) is 0 Å². The Morgan fingerprint density at radius 3 is 2.35 bits per heavy atom. The SMILES string of the molecule is CC(C)CCCC[C@H](NC(=O)c1ccc(CNCc2ncc[nH]2)cc1)C(=O)NC(C)c1cccc2ccccc12. The number of hydrogen-bond donors (Lipinski definition) is 4. The van der Waals surface area contributed by atoms with Crippen molar-refractivity contribution in [2.75, 3.05) is 0 Å². The van der Waals surface area contributed by atoms with Crippen molar-refractivity contribution in [2.24, 2.45) is 5.92 Å². The van der Waals surface area contributed by atoms with E-state index in [-0.39, 0.29) is 17.9 Å². The summed E-state index contributed by atoms with van der Waals surface area (Å²) in [6.45, 7) is 7.70. The van der Waals surface area contributed by atoms with E-state index in [9.17, 15) is 9.59 Å². The van der Waals surface area contributed by atoms with Crippen molar-refractivity contribution in [2.45, 2.75) is 71.6 Å². The van der Waals surface area contributed by atoms with Crippen LogP contribution in [0.2, 0.25) is 0 Å². The van der Waals surface area contributed by atoms with E-state index in [0.29, 0.717) is 31.0 Å². The molecule has 0 aliphatic heterocycles. The van der Waals surface area contributed by atoms with Gasteiger partial charge in [0, 0.05) is 24.5 Å². The molecule has 2 atom stereocenters. The number of nitrogens with zero attached hydrogens (tertiary/aromatic N) is 1. The number of aromatic amines is 1. The molecule has 4 aromatic rings. The predicted molar refractivity (Wildman–Crippen MR) is 161 cm³/mol. The average Bonchev–Trinajstić information content (AvgIpc) is 3.48. The monoisotopic (exact) mass is 539 g/mol. The van der Waals surface area contributed by atoms with Gasteiger partial charge in [0.15, 0.2) is 0 Å². The molecule has 1 unspecified atom stereocenters. The van der Waals surface area contributed by atoms with E-state index in [1.54, 1.807) is 12.4 Å². The minimum absolute atomic E-state index is 0.155. The first-order valence-electron chi connectivity index (χ1n) is 14.3. The van der Waals surface area contributed by atoms with Crippen molar-refractivity contribution in [3.05, 3.63) is 102 Å². The van der Waals surface area contributed by atoms with Gasteiger partial charge >= 0.3 is 0 Å². The second-order valence-corrected chi connectivity index (χ2v) is 10.8. The first-order chi connectivity index (χ1) is 19.4. The Hall–Kier alpha value is -3.97. The molecule has 3 aromatic carbocycles. The van der Waals surface area contributed by atoms with E-state index in [2.05, 4.69) is 64.0 Å². The number of aromatic nitrogens is 2. The van der Waals surface area contributed by atoms with Crippen molar-refractivity contribution in [1.29, 1.82) is 0 Å². The maximum atomic E-state index is 13.5. The molecule has 0 aliphatic rings. The van der Waals surface area contributed by atoms with Crippen LogP contribution in [0.5, 0.6) is 0 Å². The van der Waals surface area contributed by atoms with Crippen LogP contribution in [0.1, 0.15) is 79.8 Å². The molecule has 40 heavy (non-hydrogen) atoms. The second kappa shape index (κ2) is 14.4. The van der Waals surface area contributed by atoms with E-state index in [1.807, 2.05) is 49.4 Å². The van der Waals surface area contributed by atoms with Gasteiger partial charge in [-0.15, -0.1) is 0 Å². The van der Waals surface area contributed by atoms with Crippen LogP contribution in [0.4, 0.5) is 0 Å². The summed E-state index contributed by atoms with van der Waals surface area (Å²) in [4.78, 5) is 34.0. The first kappa shape index (κ1) is 29.0. The number of fused-ring (bicyclic) bond motifs is 1. The van der Waals surface area contributed by atoms with Gasteiger partial charge in [-0.25, -0.2) is 4.98 Å². The molecule has 7 nitrogen and oxygen atoms in total. The predicted octanol–water partition coefficient (Wildman–Crippen LogP) is 6.04. The molecule has 0 bridgehead atoms. The minimum atomic E-state index is -0.605. The van der Waals surface area contributed by atoms with Crippen LogP contribution in [-0.4, -0.2) is 27.8 Å². The molecular weight excluding hydrogens is 498 g/mol. The topological polar surface area (TPSA) is 98.9 Å². The van der Waals surface area contributed by atoms with E-state index in [0.717, 1.165) is 47.0 Å². The third kappa shape index (κ3) is 8.26. The number of nitrogens with one attached hydrogen (secondary N) is 4. The second-order valence-electron chi connectivity index (χ2n) is 10.8. The van der Waals surface area contributed by atoms with Gasteiger partial charge in [0.1, 0.15) is 11.9 Å². The van der Waals surface area contributed by atoms with E-state index < -0.39 is 6.04 Å². The summed E-state index contributed by atoms with van der Waals surface area (Å²) in [6, 6.07) is 21.0. The zero-order chi connectivity index (χ0) is 28.3. The number of hydrogen-bond acceptors (Lipinski definition) is 4. The summed E-state index contributed by atoms with van der Waals surface area (Å²) in [5, 5.41) is 11.8. The molecule has 1 aromatic heterocycles. The van der Waals surface area contributed by atoms with Crippen molar-refractivity contribution in [1.82, 2.24) is 25.9 Å². The zero-order valence-electron chi connectivity index (χ0n) is 23.7. The lowest BCUT2D eigenvalue weighted by molar-refractivity contribution is -0.123. The third-order valence-corrected chi connectivity index (χ3v) is 7.19.